The second-order valence-corrected chi connectivity index (χ2v) is 11.3. The Bertz CT molecular complexity index is 1390. The van der Waals surface area contributed by atoms with Crippen molar-refractivity contribution in [1.29, 1.82) is 0 Å². The number of methoxy groups -OCH3 is 1. The van der Waals surface area contributed by atoms with E-state index in [-0.39, 0.29) is 6.61 Å². The normalized spacial score (nSPS) is 25.7. The van der Waals surface area contributed by atoms with E-state index in [0.29, 0.717) is 39.4 Å². The van der Waals surface area contributed by atoms with Crippen LogP contribution in [0.3, 0.4) is 0 Å². The number of hydrogen-bond donors (Lipinski definition) is 0. The largest absolute Gasteiger partial charge is 0.369 e. The summed E-state index contributed by atoms with van der Waals surface area (Å²) in [6.07, 6.45) is -0.909. The van der Waals surface area contributed by atoms with Crippen molar-refractivity contribution in [2.24, 2.45) is 0 Å². The van der Waals surface area contributed by atoms with Gasteiger partial charge in [0.1, 0.15) is 24.4 Å². The minimum absolute atomic E-state index is 0.279. The Labute approximate surface area is 260 Å². The maximum atomic E-state index is 6.91. The molecular formula is C37H41NO6. The Hall–Kier alpha value is -3.40. The van der Waals surface area contributed by atoms with Gasteiger partial charge in [-0.2, -0.15) is 5.06 Å². The second-order valence-electron chi connectivity index (χ2n) is 11.3. The summed E-state index contributed by atoms with van der Waals surface area (Å²) in [7, 11) is 1.71. The molecule has 0 aromatic heterocycles. The summed E-state index contributed by atoms with van der Waals surface area (Å²) in [6, 6.07) is 40.4. The molecule has 2 aliphatic rings. The van der Waals surface area contributed by atoms with Crippen LogP contribution >= 0.6 is 0 Å². The molecule has 6 rings (SSSR count). The van der Waals surface area contributed by atoms with Crippen molar-refractivity contribution in [1.82, 2.24) is 5.06 Å². The fourth-order valence-electron chi connectivity index (χ4n) is 6.06. The zero-order valence-corrected chi connectivity index (χ0v) is 25.2. The molecule has 0 bridgehead atoms. The summed E-state index contributed by atoms with van der Waals surface area (Å²) in [4.78, 5) is 6.39. The highest BCUT2D eigenvalue weighted by Crippen LogP contribution is 2.40. The van der Waals surface area contributed by atoms with Crippen molar-refractivity contribution in [2.75, 3.05) is 20.3 Å². The molecule has 2 fully saturated rings. The molecule has 0 aliphatic carbocycles. The Morgan fingerprint density at radius 2 is 1.11 bits per heavy atom. The van der Waals surface area contributed by atoms with E-state index in [1.807, 2.05) is 77.9 Å². The Kier molecular flexibility index (Phi) is 10.5. The van der Waals surface area contributed by atoms with Crippen LogP contribution in [0.5, 0.6) is 0 Å². The van der Waals surface area contributed by atoms with Gasteiger partial charge in [-0.05, 0) is 22.3 Å². The topological polar surface area (TPSA) is 58.6 Å². The molecule has 4 aromatic rings. The highest BCUT2D eigenvalue weighted by atomic mass is 16.7. The number of hydrogen-bond acceptors (Lipinski definition) is 7. The predicted molar refractivity (Wildman–Crippen MR) is 167 cm³/mol. The molecular weight excluding hydrogens is 554 g/mol. The predicted octanol–water partition coefficient (Wildman–Crippen LogP) is 6.32. The minimum atomic E-state index is -0.992. The van der Waals surface area contributed by atoms with Crippen LogP contribution in [0.4, 0.5) is 0 Å². The van der Waals surface area contributed by atoms with Crippen molar-refractivity contribution in [3.05, 3.63) is 144 Å². The fourth-order valence-corrected chi connectivity index (χ4v) is 6.06. The molecule has 0 spiro atoms. The average Bonchev–Trinajstić information content (AvgIpc) is 3.22. The first-order chi connectivity index (χ1) is 21.7. The third kappa shape index (κ3) is 7.45. The van der Waals surface area contributed by atoms with Crippen LogP contribution < -0.4 is 0 Å². The maximum absolute atomic E-state index is 6.91. The molecule has 5 atom stereocenters. The zero-order valence-electron chi connectivity index (χ0n) is 25.2. The number of rotatable bonds is 12. The molecule has 7 heteroatoms. The molecule has 2 aliphatic heterocycles. The van der Waals surface area contributed by atoms with E-state index >= 15 is 0 Å². The smallest absolute Gasteiger partial charge is 0.190 e. The van der Waals surface area contributed by atoms with Crippen LogP contribution in [0.15, 0.2) is 121 Å². The Morgan fingerprint density at radius 3 is 1.64 bits per heavy atom. The molecule has 0 radical (unpaired) electrons. The minimum Gasteiger partial charge on any atom is -0.369 e. The van der Waals surface area contributed by atoms with E-state index in [4.69, 9.17) is 28.5 Å². The van der Waals surface area contributed by atoms with Gasteiger partial charge in [-0.3, -0.25) is 4.84 Å². The first kappa shape index (κ1) is 30.6. The summed E-state index contributed by atoms with van der Waals surface area (Å²) in [5.41, 5.74) is 4.33. The number of hydroxylamine groups is 2. The van der Waals surface area contributed by atoms with Crippen LogP contribution in [-0.2, 0) is 54.9 Å². The lowest BCUT2D eigenvalue weighted by molar-refractivity contribution is -0.366. The number of benzene rings is 4. The third-order valence-corrected chi connectivity index (χ3v) is 8.37. The van der Waals surface area contributed by atoms with Crippen LogP contribution in [0.1, 0.15) is 28.7 Å². The van der Waals surface area contributed by atoms with Gasteiger partial charge in [0.05, 0.1) is 33.0 Å². The molecule has 0 amide bonds. The number of nitrogens with zero attached hydrogens (tertiary/aromatic N) is 1. The van der Waals surface area contributed by atoms with Crippen molar-refractivity contribution < 1.29 is 28.5 Å². The van der Waals surface area contributed by atoms with Crippen molar-refractivity contribution >= 4 is 0 Å². The summed E-state index contributed by atoms with van der Waals surface area (Å²) in [6.45, 7) is 2.47. The van der Waals surface area contributed by atoms with E-state index in [9.17, 15) is 0 Å². The number of ether oxygens (including phenoxy) is 5. The lowest BCUT2D eigenvalue weighted by atomic mass is 9.91. The summed E-state index contributed by atoms with van der Waals surface area (Å²) >= 11 is 0. The van der Waals surface area contributed by atoms with Gasteiger partial charge in [0, 0.05) is 20.1 Å². The lowest BCUT2D eigenvalue weighted by Crippen LogP contribution is -2.65. The Morgan fingerprint density at radius 1 is 0.636 bits per heavy atom. The van der Waals surface area contributed by atoms with Gasteiger partial charge in [0.25, 0.3) is 0 Å². The zero-order chi connectivity index (χ0) is 30.0. The summed E-state index contributed by atoms with van der Waals surface area (Å²) in [5.74, 6) is -0.992. The van der Waals surface area contributed by atoms with Crippen molar-refractivity contribution in [3.63, 3.8) is 0 Å². The first-order valence-corrected chi connectivity index (χ1v) is 15.3. The van der Waals surface area contributed by atoms with Gasteiger partial charge in [0.2, 0.25) is 0 Å². The van der Waals surface area contributed by atoms with Crippen LogP contribution in [0.2, 0.25) is 0 Å². The molecule has 0 unspecified atom stereocenters. The van der Waals surface area contributed by atoms with Crippen LogP contribution in [0.25, 0.3) is 0 Å². The fraction of sp³-hybridized carbons (Fsp3) is 0.351. The van der Waals surface area contributed by atoms with E-state index in [1.54, 1.807) is 7.11 Å². The quantitative estimate of drug-likeness (QED) is 0.190. The van der Waals surface area contributed by atoms with Crippen molar-refractivity contribution in [2.45, 2.75) is 62.9 Å². The summed E-state index contributed by atoms with van der Waals surface area (Å²) in [5, 5.41) is 1.97. The van der Waals surface area contributed by atoms with Gasteiger partial charge in [-0.15, -0.1) is 0 Å². The van der Waals surface area contributed by atoms with Crippen LogP contribution in [0, 0.1) is 0 Å². The van der Waals surface area contributed by atoms with Gasteiger partial charge in [-0.25, -0.2) is 0 Å². The maximum Gasteiger partial charge on any atom is 0.190 e. The monoisotopic (exact) mass is 595 g/mol. The SMILES string of the molecule is CO[C@]12CCON(Cc3ccccc3)[C@H]1[C@H](OCc1ccccc1)[C@H](OCc1ccccc1)[C@H](OCc1ccccc1)CO2. The lowest BCUT2D eigenvalue weighted by Gasteiger charge is -2.49. The molecule has 7 nitrogen and oxygen atoms in total. The second kappa shape index (κ2) is 15.1. The molecule has 0 N–H and O–H groups in total. The van der Waals surface area contributed by atoms with E-state index in [1.165, 1.54) is 0 Å². The molecule has 0 saturated carbocycles. The van der Waals surface area contributed by atoms with E-state index in [0.717, 1.165) is 22.3 Å². The summed E-state index contributed by atoms with van der Waals surface area (Å²) < 4.78 is 33.4. The van der Waals surface area contributed by atoms with E-state index < -0.39 is 30.1 Å². The van der Waals surface area contributed by atoms with Gasteiger partial charge >= 0.3 is 0 Å². The first-order valence-electron chi connectivity index (χ1n) is 15.3. The Balaban J connectivity index is 1.37. The third-order valence-electron chi connectivity index (χ3n) is 8.37. The van der Waals surface area contributed by atoms with E-state index in [2.05, 4.69) is 48.5 Å². The highest BCUT2D eigenvalue weighted by Gasteiger charge is 2.58. The van der Waals surface area contributed by atoms with Crippen molar-refractivity contribution in [3.8, 4) is 0 Å². The highest BCUT2D eigenvalue weighted by molar-refractivity contribution is 5.17. The average molecular weight is 596 g/mol. The molecule has 230 valence electrons. The molecule has 2 saturated heterocycles. The standard InChI is InChI=1S/C37H41NO6/c1-39-37-22-23-44-38(24-29-14-6-2-7-15-29)36(37)35(42-27-32-20-12-5-13-21-32)34(41-26-31-18-10-4-11-19-31)33(28-43-37)40-25-30-16-8-3-9-17-30/h2-21,33-36H,22-28H2,1H3/t33-,34-,35-,36+,37+/m1/s1. The van der Waals surface area contributed by atoms with Gasteiger partial charge in [-0.1, -0.05) is 121 Å². The molecule has 44 heavy (non-hydrogen) atoms. The van der Waals surface area contributed by atoms with Gasteiger partial charge in [0.15, 0.2) is 5.79 Å². The van der Waals surface area contributed by atoms with Crippen LogP contribution in [-0.4, -0.2) is 55.5 Å². The number of fused-ring (bicyclic) bond motifs is 1. The molecule has 4 aromatic carbocycles. The molecule has 2 heterocycles. The van der Waals surface area contributed by atoms with Gasteiger partial charge < -0.3 is 23.7 Å².